The number of benzene rings is 14. The van der Waals surface area contributed by atoms with Crippen LogP contribution < -0.4 is 26.2 Å². The topological polar surface area (TPSA) is 16.3 Å². The van der Waals surface area contributed by atoms with Gasteiger partial charge in [0.25, 0.3) is 6.71 Å². The number of hydrogen-bond donors (Lipinski definition) is 0. The molecule has 4 nitrogen and oxygen atoms in total. The summed E-state index contributed by atoms with van der Waals surface area (Å²) in [4.78, 5) is 4.72. The Balaban J connectivity index is 1.10. The van der Waals surface area contributed by atoms with E-state index in [4.69, 9.17) is 5.48 Å². The molecule has 498 valence electrons. The lowest BCUT2D eigenvalue weighted by Gasteiger charge is -2.46. The summed E-state index contributed by atoms with van der Waals surface area (Å²) in [6.07, 6.45) is 0. The van der Waals surface area contributed by atoms with Gasteiger partial charge < -0.3 is 18.9 Å². The normalized spacial score (nSPS) is 15.0. The molecule has 0 N–H and O–H groups in total. The van der Waals surface area contributed by atoms with Crippen molar-refractivity contribution in [1.82, 2.24) is 9.13 Å². The van der Waals surface area contributed by atoms with Crippen molar-refractivity contribution >= 4 is 101 Å². The van der Waals surface area contributed by atoms with Crippen molar-refractivity contribution in [2.45, 2.75) is 91.9 Å². The van der Waals surface area contributed by atoms with E-state index >= 15 is 0 Å². The van der Waals surface area contributed by atoms with Crippen LogP contribution in [-0.4, -0.2) is 15.8 Å². The van der Waals surface area contributed by atoms with Gasteiger partial charge in [-0.1, -0.05) is 293 Å². The maximum Gasteiger partial charge on any atom is 0.252 e. The van der Waals surface area contributed by atoms with Crippen LogP contribution in [0.3, 0.4) is 0 Å². The van der Waals surface area contributed by atoms with Crippen molar-refractivity contribution in [3.05, 3.63) is 331 Å². The SMILES string of the molecule is [2H]c1c([2H])c([2H])c2c(c1[2H])c1c([2H])c([2H])c([2H])c([2H])c1n2-c1ccc2c(c1)N(c1c(-c3ccccc3)cc(C(C)(C)C)cc1-c1ccccc1)c1cc(-c3ccc(C(C)C)cc3C(C)C)cc3c1B2c1ccc(-n2c4c([2H])c([2H])c([2H])c([2H])c4c4c([2H])c([2H])c([2H])c([2H])c42)cc1N3c1c(-c2ccccc2)cc(C(C)(C)C)cc1-c1ccccc1. The van der Waals surface area contributed by atoms with Crippen molar-refractivity contribution in [3.63, 3.8) is 0 Å². The largest absolute Gasteiger partial charge is 0.310 e. The predicted molar refractivity (Wildman–Crippen MR) is 442 cm³/mol. The first kappa shape index (κ1) is 48.2. The minimum absolute atomic E-state index is 0.0233. The Bertz CT molecular complexity index is 6370. The number of rotatable bonds is 11. The van der Waals surface area contributed by atoms with E-state index in [0.717, 1.165) is 117 Å². The quantitative estimate of drug-likeness (QED) is 0.120. The summed E-state index contributed by atoms with van der Waals surface area (Å²) in [5.74, 6) is 0.137. The molecule has 14 aromatic carbocycles. The average Bonchev–Trinajstić information content (AvgIpc) is 1.36. The van der Waals surface area contributed by atoms with Gasteiger partial charge in [0.05, 0.1) is 55.4 Å². The lowest BCUT2D eigenvalue weighted by molar-refractivity contribution is 0.590. The molecule has 0 unspecified atom stereocenters. The predicted octanol–water partition coefficient (Wildman–Crippen LogP) is 25.1. The van der Waals surface area contributed by atoms with Crippen LogP contribution in [0, 0.1) is 0 Å². The van der Waals surface area contributed by atoms with Gasteiger partial charge in [0, 0.05) is 77.9 Å². The van der Waals surface area contributed by atoms with Crippen LogP contribution in [0.4, 0.5) is 34.1 Å². The number of hydrogen-bond acceptors (Lipinski definition) is 2. The molecule has 18 rings (SSSR count). The third-order valence-electron chi connectivity index (χ3n) is 21.0. The highest BCUT2D eigenvalue weighted by atomic mass is 15.2. The van der Waals surface area contributed by atoms with Crippen molar-refractivity contribution < 1.29 is 21.9 Å². The average molecular weight is 1340 g/mol. The van der Waals surface area contributed by atoms with Crippen molar-refractivity contribution in [2.24, 2.45) is 0 Å². The molecule has 0 radical (unpaired) electrons. The second-order valence-corrected chi connectivity index (χ2v) is 30.0. The molecular weight excluding hydrogens is 1240 g/mol. The summed E-state index contributed by atoms with van der Waals surface area (Å²) < 4.78 is 155. The van der Waals surface area contributed by atoms with Gasteiger partial charge in [0.2, 0.25) is 0 Å². The summed E-state index contributed by atoms with van der Waals surface area (Å²) in [7, 11) is 0. The zero-order valence-electron chi connectivity index (χ0n) is 75.2. The monoisotopic (exact) mass is 1340 g/mol. The molecule has 2 aromatic heterocycles. The Labute approximate surface area is 629 Å². The maximum absolute atomic E-state index is 9.93. The minimum atomic E-state index is -0.786. The number of fused-ring (bicyclic) bond motifs is 10. The van der Waals surface area contributed by atoms with Crippen LogP contribution in [0.5, 0.6) is 0 Å². The van der Waals surface area contributed by atoms with E-state index in [-0.39, 0.29) is 55.4 Å². The Hall–Kier alpha value is -11.7. The smallest absolute Gasteiger partial charge is 0.252 e. The van der Waals surface area contributed by atoms with Gasteiger partial charge >= 0.3 is 0 Å². The van der Waals surface area contributed by atoms with Gasteiger partial charge in [-0.05, 0) is 180 Å². The molecule has 4 heterocycles. The Kier molecular flexibility index (Phi) is 11.5. The van der Waals surface area contributed by atoms with E-state index in [9.17, 15) is 16.4 Å². The van der Waals surface area contributed by atoms with Crippen LogP contribution in [0.2, 0.25) is 0 Å². The van der Waals surface area contributed by atoms with Gasteiger partial charge in [-0.25, -0.2) is 0 Å². The van der Waals surface area contributed by atoms with Crippen LogP contribution in [0.25, 0.3) is 111 Å². The number of nitrogens with zero attached hydrogens (tertiary/aromatic N) is 4. The molecule has 2 aliphatic rings. The molecule has 103 heavy (non-hydrogen) atoms. The molecule has 0 amide bonds. The fourth-order valence-corrected chi connectivity index (χ4v) is 15.9. The van der Waals surface area contributed by atoms with Crippen LogP contribution >= 0.6 is 0 Å². The van der Waals surface area contributed by atoms with Crippen LogP contribution in [0.1, 0.15) is 125 Å². The zero-order valence-corrected chi connectivity index (χ0v) is 59.2. The maximum atomic E-state index is 9.93. The molecule has 0 fully saturated rings. The second kappa shape index (κ2) is 24.6. The molecule has 0 aliphatic carbocycles. The fraction of sp³-hybridized carbons (Fsp3) is 0.143. The molecular formula is C98H83BN4. The van der Waals surface area contributed by atoms with E-state index in [1.807, 2.05) is 109 Å². The molecule has 16 aromatic rings. The fourth-order valence-electron chi connectivity index (χ4n) is 15.9. The first-order valence-corrected chi connectivity index (χ1v) is 35.5. The molecule has 5 heteroatoms. The molecule has 0 bridgehead atoms. The Morgan fingerprint density at radius 1 is 0.320 bits per heavy atom. The first-order valence-electron chi connectivity index (χ1n) is 43.5. The summed E-state index contributed by atoms with van der Waals surface area (Å²) in [5.41, 5.74) is 19.3. The lowest BCUT2D eigenvalue weighted by Crippen LogP contribution is -2.61. The summed E-state index contributed by atoms with van der Waals surface area (Å²) >= 11 is 0. The van der Waals surface area contributed by atoms with Gasteiger partial charge in [-0.3, -0.25) is 0 Å². The Morgan fingerprint density at radius 3 is 0.981 bits per heavy atom. The van der Waals surface area contributed by atoms with Crippen molar-refractivity contribution in [1.29, 1.82) is 0 Å². The van der Waals surface area contributed by atoms with Crippen LogP contribution in [0.15, 0.2) is 309 Å². The summed E-state index contributed by atoms with van der Waals surface area (Å²) in [6, 6.07) is 65.5. The zero-order chi connectivity index (χ0) is 84.1. The number of anilines is 6. The minimum Gasteiger partial charge on any atom is -0.310 e. The third kappa shape index (κ3) is 10.5. The highest BCUT2D eigenvalue weighted by Crippen LogP contribution is 2.56. The van der Waals surface area contributed by atoms with Gasteiger partial charge in [-0.2, -0.15) is 0 Å². The number of para-hydroxylation sites is 4. The molecule has 0 spiro atoms. The molecule has 0 atom stereocenters. The van der Waals surface area contributed by atoms with E-state index in [1.165, 1.54) is 0 Å². The van der Waals surface area contributed by atoms with Gasteiger partial charge in [0.15, 0.2) is 0 Å². The lowest BCUT2D eigenvalue weighted by atomic mass is 9.33. The summed E-state index contributed by atoms with van der Waals surface area (Å²) in [6.45, 7) is 21.3. The molecule has 0 saturated carbocycles. The van der Waals surface area contributed by atoms with Gasteiger partial charge in [0.1, 0.15) is 0 Å². The van der Waals surface area contributed by atoms with E-state index in [2.05, 4.69) is 182 Å². The van der Waals surface area contributed by atoms with Crippen LogP contribution in [-0.2, 0) is 10.8 Å². The second-order valence-electron chi connectivity index (χ2n) is 30.0. The number of aromatic nitrogens is 2. The standard InChI is InChI=1S/C98H83BN4/c1-62(2)68-47-50-74(79(53-68)63(3)4)69-54-92-94-93(55-69)103(96-82(66-35-19-13-20-36-66)58-71(98(8,9)10)59-83(96)67-37-21-14-22-38-67)91-61-73(101-88-45-29-25-41-77(88)78-42-26-30-46-89(78)101)49-52-85(91)99(94)84-51-48-72(100-86-43-27-23-39-75(86)76-40-24-28-44-87(76)100)60-90(84)102(92)95-80(64-31-15-11-16-32-64)56-70(97(5,6)7)57-81(95)65-33-17-12-18-34-65/h11-63H,1-10H3/i23D,24D,25D,26D,27D,28D,29D,30D,39D,40D,41D,42D,43D,44D,45D,46D. The highest BCUT2D eigenvalue weighted by Gasteiger charge is 2.46. The summed E-state index contributed by atoms with van der Waals surface area (Å²) in [5, 5.41) is -0.282. The highest BCUT2D eigenvalue weighted by molar-refractivity contribution is 7.00. The van der Waals surface area contributed by atoms with E-state index < -0.39 is 114 Å². The Morgan fingerprint density at radius 2 is 0.660 bits per heavy atom. The first-order chi connectivity index (χ1) is 56.7. The molecule has 0 saturated heterocycles. The van der Waals surface area contributed by atoms with Crippen molar-refractivity contribution in [3.8, 4) is 67.0 Å². The van der Waals surface area contributed by atoms with E-state index in [0.29, 0.717) is 22.7 Å². The third-order valence-corrected chi connectivity index (χ3v) is 21.0. The van der Waals surface area contributed by atoms with Gasteiger partial charge in [-0.15, -0.1) is 0 Å². The van der Waals surface area contributed by atoms with E-state index in [1.54, 1.807) is 9.13 Å². The molecule has 2 aliphatic heterocycles. The van der Waals surface area contributed by atoms with Crippen molar-refractivity contribution in [2.75, 3.05) is 9.80 Å².